The van der Waals surface area contributed by atoms with Gasteiger partial charge in [0, 0.05) is 0 Å². The summed E-state index contributed by atoms with van der Waals surface area (Å²) in [6.07, 6.45) is 4.91. The van der Waals surface area contributed by atoms with Crippen molar-refractivity contribution in [3.05, 3.63) is 0 Å². The van der Waals surface area contributed by atoms with Crippen molar-refractivity contribution in [2.45, 2.75) is 31.8 Å². The molecular weight excluding hydrogens is 219 g/mol. The average molecular weight is 234 g/mol. The SMILES string of the molecule is C#CCOC(=O)C(CC)(CC)P(=O)(O)O. The number of carbonyl (C=O) groups excluding carboxylic acids is 1. The second kappa shape index (κ2) is 5.32. The third-order valence-electron chi connectivity index (χ3n) is 2.39. The van der Waals surface area contributed by atoms with Gasteiger partial charge >= 0.3 is 13.6 Å². The Labute approximate surface area is 89.0 Å². The predicted molar refractivity (Wildman–Crippen MR) is 55.1 cm³/mol. The fraction of sp³-hybridized carbons (Fsp3) is 0.667. The van der Waals surface area contributed by atoms with Gasteiger partial charge in [0.15, 0.2) is 11.8 Å². The molecule has 0 radical (unpaired) electrons. The van der Waals surface area contributed by atoms with Gasteiger partial charge in [-0.3, -0.25) is 9.36 Å². The molecule has 6 heteroatoms. The molecule has 15 heavy (non-hydrogen) atoms. The van der Waals surface area contributed by atoms with Crippen LogP contribution in [-0.4, -0.2) is 27.5 Å². The van der Waals surface area contributed by atoms with Crippen molar-refractivity contribution in [2.75, 3.05) is 6.61 Å². The van der Waals surface area contributed by atoms with E-state index in [1.54, 1.807) is 0 Å². The Morgan fingerprint density at radius 2 is 1.93 bits per heavy atom. The van der Waals surface area contributed by atoms with Crippen LogP contribution in [0.2, 0.25) is 0 Å². The van der Waals surface area contributed by atoms with Crippen LogP contribution in [-0.2, 0) is 14.1 Å². The van der Waals surface area contributed by atoms with Crippen molar-refractivity contribution in [1.82, 2.24) is 0 Å². The van der Waals surface area contributed by atoms with Crippen LogP contribution in [0.1, 0.15) is 26.7 Å². The molecule has 0 fully saturated rings. The van der Waals surface area contributed by atoms with Crippen molar-refractivity contribution >= 4 is 13.6 Å². The maximum atomic E-state index is 11.5. The first kappa shape index (κ1) is 14.2. The molecule has 0 rings (SSSR count). The smallest absolute Gasteiger partial charge is 0.342 e. The molecule has 0 atom stereocenters. The summed E-state index contributed by atoms with van der Waals surface area (Å²) in [5.41, 5.74) is 0. The van der Waals surface area contributed by atoms with E-state index in [0.29, 0.717) is 0 Å². The second-order valence-electron chi connectivity index (χ2n) is 3.06. The molecule has 0 spiro atoms. The zero-order valence-electron chi connectivity index (χ0n) is 8.77. The van der Waals surface area contributed by atoms with E-state index in [-0.39, 0.29) is 19.4 Å². The molecular formula is C9H15O5P. The number of terminal acetylenes is 1. The number of hydrogen-bond acceptors (Lipinski definition) is 3. The first-order valence-electron chi connectivity index (χ1n) is 4.52. The third kappa shape index (κ3) is 2.82. The summed E-state index contributed by atoms with van der Waals surface area (Å²) in [4.78, 5) is 29.8. The quantitative estimate of drug-likeness (QED) is 0.419. The van der Waals surface area contributed by atoms with E-state index in [0.717, 1.165) is 0 Å². The fourth-order valence-electron chi connectivity index (χ4n) is 1.31. The van der Waals surface area contributed by atoms with E-state index in [1.165, 1.54) is 13.8 Å². The van der Waals surface area contributed by atoms with Crippen molar-refractivity contribution < 1.29 is 23.9 Å². The summed E-state index contributed by atoms with van der Waals surface area (Å²) >= 11 is 0. The topological polar surface area (TPSA) is 83.8 Å². The summed E-state index contributed by atoms with van der Waals surface area (Å²) < 4.78 is 15.9. The van der Waals surface area contributed by atoms with Crippen LogP contribution in [0.3, 0.4) is 0 Å². The molecule has 0 aromatic rings. The zero-order chi connectivity index (χ0) is 12.1. The van der Waals surface area contributed by atoms with Gasteiger partial charge in [0.1, 0.15) is 0 Å². The van der Waals surface area contributed by atoms with Gasteiger partial charge in [-0.15, -0.1) is 6.42 Å². The molecule has 0 unspecified atom stereocenters. The Balaban J connectivity index is 5.05. The van der Waals surface area contributed by atoms with E-state index in [2.05, 4.69) is 10.7 Å². The Morgan fingerprint density at radius 3 is 2.20 bits per heavy atom. The van der Waals surface area contributed by atoms with Crippen LogP contribution < -0.4 is 0 Å². The fourth-order valence-corrected chi connectivity index (χ4v) is 2.44. The number of rotatable bonds is 5. The molecule has 5 nitrogen and oxygen atoms in total. The van der Waals surface area contributed by atoms with Gasteiger partial charge in [-0.25, -0.2) is 0 Å². The first-order valence-corrected chi connectivity index (χ1v) is 6.13. The maximum absolute atomic E-state index is 11.5. The highest BCUT2D eigenvalue weighted by atomic mass is 31.2. The van der Waals surface area contributed by atoms with Gasteiger partial charge in [0.05, 0.1) is 0 Å². The molecule has 0 heterocycles. The minimum absolute atomic E-state index is 0.0111. The average Bonchev–Trinajstić information content (AvgIpc) is 2.15. The van der Waals surface area contributed by atoms with Crippen LogP contribution in [0.4, 0.5) is 0 Å². The largest absolute Gasteiger partial charge is 0.452 e. The highest BCUT2D eigenvalue weighted by Crippen LogP contribution is 2.55. The summed E-state index contributed by atoms with van der Waals surface area (Å²) in [5.74, 6) is 1.14. The van der Waals surface area contributed by atoms with Gasteiger partial charge in [0.25, 0.3) is 0 Å². The first-order chi connectivity index (χ1) is 6.85. The Kier molecular flexibility index (Phi) is 5.02. The van der Waals surface area contributed by atoms with Gasteiger partial charge in [-0.2, -0.15) is 0 Å². The van der Waals surface area contributed by atoms with Crippen LogP contribution >= 0.6 is 7.60 Å². The Bertz CT molecular complexity index is 307. The highest BCUT2D eigenvalue weighted by Gasteiger charge is 2.51. The number of hydrogen-bond donors (Lipinski definition) is 2. The van der Waals surface area contributed by atoms with E-state index < -0.39 is 18.7 Å². The van der Waals surface area contributed by atoms with Gasteiger partial charge in [0.2, 0.25) is 0 Å². The lowest BCUT2D eigenvalue weighted by Gasteiger charge is -2.29. The van der Waals surface area contributed by atoms with Crippen molar-refractivity contribution in [2.24, 2.45) is 0 Å². The Hall–Kier alpha value is -0.820. The summed E-state index contributed by atoms with van der Waals surface area (Å²) in [7, 11) is -4.55. The van der Waals surface area contributed by atoms with E-state index in [1.807, 2.05) is 0 Å². The minimum atomic E-state index is -4.55. The maximum Gasteiger partial charge on any atom is 0.342 e. The molecule has 0 aliphatic rings. The van der Waals surface area contributed by atoms with Crippen LogP contribution in [0, 0.1) is 12.3 Å². The summed E-state index contributed by atoms with van der Waals surface area (Å²) in [5, 5.41) is -1.76. The molecule has 0 saturated heterocycles. The molecule has 0 aromatic carbocycles. The standard InChI is InChI=1S/C9H15O5P/c1-4-7-14-8(10)9(5-2,6-3)15(11,12)13/h1H,5-7H2,2-3H3,(H2,11,12,13). The lowest BCUT2D eigenvalue weighted by molar-refractivity contribution is -0.146. The molecule has 0 aromatic heterocycles. The normalized spacial score (nSPS) is 11.9. The van der Waals surface area contributed by atoms with Crippen LogP contribution in [0.25, 0.3) is 0 Å². The highest BCUT2D eigenvalue weighted by molar-refractivity contribution is 7.54. The summed E-state index contributed by atoms with van der Waals surface area (Å²) in [6.45, 7) is 2.78. The number of carbonyl (C=O) groups is 1. The Morgan fingerprint density at radius 1 is 1.47 bits per heavy atom. The zero-order valence-corrected chi connectivity index (χ0v) is 9.66. The molecule has 0 bridgehead atoms. The van der Waals surface area contributed by atoms with Gasteiger partial charge in [-0.05, 0) is 12.8 Å². The molecule has 2 N–H and O–H groups in total. The second-order valence-corrected chi connectivity index (χ2v) is 5.01. The monoisotopic (exact) mass is 234 g/mol. The summed E-state index contributed by atoms with van der Waals surface area (Å²) in [6, 6.07) is 0. The molecule has 86 valence electrons. The van der Waals surface area contributed by atoms with Crippen molar-refractivity contribution in [3.8, 4) is 12.3 Å². The number of esters is 1. The van der Waals surface area contributed by atoms with Crippen molar-refractivity contribution in [3.63, 3.8) is 0 Å². The molecule has 0 aliphatic carbocycles. The molecule has 0 aliphatic heterocycles. The lowest BCUT2D eigenvalue weighted by atomic mass is 10.0. The number of ether oxygens (including phenoxy) is 1. The van der Waals surface area contributed by atoms with Crippen LogP contribution in [0.5, 0.6) is 0 Å². The molecule has 0 amide bonds. The molecule has 0 saturated carbocycles. The minimum Gasteiger partial charge on any atom is -0.452 e. The van der Waals surface area contributed by atoms with E-state index in [4.69, 9.17) is 16.2 Å². The lowest BCUT2D eigenvalue weighted by Crippen LogP contribution is -2.39. The van der Waals surface area contributed by atoms with Gasteiger partial charge in [-0.1, -0.05) is 19.8 Å². The predicted octanol–water partition coefficient (Wildman–Crippen LogP) is 0.899. The van der Waals surface area contributed by atoms with E-state index in [9.17, 15) is 9.36 Å². The van der Waals surface area contributed by atoms with Crippen molar-refractivity contribution in [1.29, 1.82) is 0 Å². The van der Waals surface area contributed by atoms with Gasteiger partial charge < -0.3 is 14.5 Å². The third-order valence-corrected chi connectivity index (χ3v) is 4.32. The van der Waals surface area contributed by atoms with Crippen LogP contribution in [0.15, 0.2) is 0 Å². The van der Waals surface area contributed by atoms with E-state index >= 15 is 0 Å².